The molecule has 5 heteroatoms. The number of hydrogen-bond acceptors (Lipinski definition) is 3. The zero-order valence-corrected chi connectivity index (χ0v) is 13.3. The third-order valence-corrected chi connectivity index (χ3v) is 4.25. The summed E-state index contributed by atoms with van der Waals surface area (Å²) in [4.78, 5) is 10.4. The molecule has 0 aromatic heterocycles. The first-order chi connectivity index (χ1) is 11.2. The Labute approximate surface area is 138 Å². The summed E-state index contributed by atoms with van der Waals surface area (Å²) in [6.45, 7) is 0.513. The van der Waals surface area contributed by atoms with E-state index < -0.39 is 5.97 Å². The molecule has 123 valence electrons. The van der Waals surface area contributed by atoms with Crippen LogP contribution in [0.1, 0.15) is 25.7 Å². The van der Waals surface area contributed by atoms with Gasteiger partial charge in [-0.05, 0) is 31.4 Å². The van der Waals surface area contributed by atoms with Crippen LogP contribution < -0.4 is 4.74 Å². The highest BCUT2D eigenvalue weighted by atomic mass is 16.5. The smallest absolute Gasteiger partial charge is 0.303 e. The molecule has 1 aromatic carbocycles. The molecule has 2 rings (SSSR count). The van der Waals surface area contributed by atoms with Crippen LogP contribution >= 0.6 is 0 Å². The van der Waals surface area contributed by atoms with Crippen molar-refractivity contribution >= 4 is 13.2 Å². The third kappa shape index (κ3) is 6.10. The molecule has 1 aromatic rings. The molecular formula is C18H24BO4. The van der Waals surface area contributed by atoms with Gasteiger partial charge in [0, 0.05) is 12.3 Å². The van der Waals surface area contributed by atoms with Gasteiger partial charge in [-0.2, -0.15) is 0 Å². The van der Waals surface area contributed by atoms with Gasteiger partial charge in [-0.25, -0.2) is 0 Å². The molecule has 1 aliphatic rings. The normalized spacial score (nSPS) is 23.8. The van der Waals surface area contributed by atoms with Crippen LogP contribution in [0, 0.1) is 5.92 Å². The Bertz CT molecular complexity index is 503. The first-order valence-corrected chi connectivity index (χ1v) is 8.23. The minimum atomic E-state index is -0.747. The number of unbranched alkanes of at least 4 members (excludes halogenated alkanes) is 1. The molecule has 1 aliphatic heterocycles. The molecule has 23 heavy (non-hydrogen) atoms. The molecule has 0 unspecified atom stereocenters. The highest BCUT2D eigenvalue weighted by molar-refractivity contribution is 6.39. The maximum atomic E-state index is 10.4. The number of benzene rings is 1. The topological polar surface area (TPSA) is 66.8 Å². The minimum absolute atomic E-state index is 0.110. The van der Waals surface area contributed by atoms with Gasteiger partial charge in [0.05, 0.1) is 12.7 Å². The predicted molar refractivity (Wildman–Crippen MR) is 91.0 cm³/mol. The maximum Gasteiger partial charge on any atom is 0.303 e. The monoisotopic (exact) mass is 315 g/mol. The predicted octanol–water partition coefficient (Wildman–Crippen LogP) is 3.17. The van der Waals surface area contributed by atoms with Crippen LogP contribution in [0.5, 0.6) is 5.75 Å². The van der Waals surface area contributed by atoms with Crippen molar-refractivity contribution in [3.8, 4) is 5.75 Å². The third-order valence-electron chi connectivity index (χ3n) is 4.25. The Morgan fingerprint density at radius 1 is 1.30 bits per heavy atom. The number of rotatable bonds is 9. The highest BCUT2D eigenvalue weighted by Gasteiger charge is 2.35. The quantitative estimate of drug-likeness (QED) is 0.417. The van der Waals surface area contributed by atoms with E-state index in [9.17, 15) is 9.90 Å². The molecule has 0 spiro atoms. The molecule has 1 heterocycles. The average Bonchev–Trinajstić information content (AvgIpc) is 2.89. The summed E-state index contributed by atoms with van der Waals surface area (Å²) in [5.41, 5.74) is 0. The Balaban J connectivity index is 1.74. The van der Waals surface area contributed by atoms with Gasteiger partial charge in [-0.15, -0.1) is 0 Å². The fourth-order valence-corrected chi connectivity index (χ4v) is 2.91. The summed E-state index contributed by atoms with van der Waals surface area (Å²) < 4.78 is 5.79. The lowest BCUT2D eigenvalue weighted by molar-refractivity contribution is -0.137. The van der Waals surface area contributed by atoms with Crippen molar-refractivity contribution in [2.45, 2.75) is 43.9 Å². The molecule has 2 N–H and O–H groups in total. The van der Waals surface area contributed by atoms with Crippen LogP contribution in [0.25, 0.3) is 0 Å². The minimum Gasteiger partial charge on any atom is -0.493 e. The second-order valence-corrected chi connectivity index (χ2v) is 5.98. The Morgan fingerprint density at radius 2 is 2.09 bits per heavy atom. The van der Waals surface area contributed by atoms with Crippen LogP contribution in [0.3, 0.4) is 0 Å². The van der Waals surface area contributed by atoms with E-state index in [0.29, 0.717) is 25.2 Å². The summed E-state index contributed by atoms with van der Waals surface area (Å²) >= 11 is 0. The summed E-state index contributed by atoms with van der Waals surface area (Å²) in [5.74, 6) is 0.502. The van der Waals surface area contributed by atoms with Gasteiger partial charge >= 0.3 is 5.97 Å². The molecule has 1 saturated heterocycles. The van der Waals surface area contributed by atoms with Gasteiger partial charge in [-0.1, -0.05) is 42.5 Å². The fourth-order valence-electron chi connectivity index (χ4n) is 2.91. The van der Waals surface area contributed by atoms with Crippen molar-refractivity contribution in [2.24, 2.45) is 5.92 Å². The van der Waals surface area contributed by atoms with Crippen molar-refractivity contribution in [1.29, 1.82) is 0 Å². The van der Waals surface area contributed by atoms with E-state index >= 15 is 0 Å². The van der Waals surface area contributed by atoms with Crippen molar-refractivity contribution in [2.75, 3.05) is 6.61 Å². The standard InChI is InChI=1S/C18H24BO4/c20-17-12-19-16(10-6-1-2-7-11-18(21)22)15(17)13-23-14-8-4-3-5-9-14/h1,3-6,8-9,15-17,20H,2,7,10-13H2,(H,21,22)/b6-1-/t15-,16-,17-/m1/s1. The zero-order valence-electron chi connectivity index (χ0n) is 13.3. The van der Waals surface area contributed by atoms with Crippen molar-refractivity contribution < 1.29 is 19.7 Å². The number of allylic oxidation sites excluding steroid dienone is 2. The van der Waals surface area contributed by atoms with Crippen LogP contribution in [0.2, 0.25) is 12.1 Å². The van der Waals surface area contributed by atoms with Gasteiger partial charge in [0.2, 0.25) is 0 Å². The van der Waals surface area contributed by atoms with Crippen LogP contribution in [0.4, 0.5) is 0 Å². The number of carboxylic acids is 1. The van der Waals surface area contributed by atoms with E-state index in [4.69, 9.17) is 9.84 Å². The Morgan fingerprint density at radius 3 is 2.83 bits per heavy atom. The number of hydrogen-bond donors (Lipinski definition) is 2. The summed E-state index contributed by atoms with van der Waals surface area (Å²) in [6.07, 6.45) is 7.03. The zero-order chi connectivity index (χ0) is 16.5. The second-order valence-electron chi connectivity index (χ2n) is 5.98. The number of carboxylic acid groups (broad SMARTS) is 1. The first-order valence-electron chi connectivity index (χ1n) is 8.23. The number of aliphatic hydroxyl groups excluding tert-OH is 1. The van der Waals surface area contributed by atoms with Gasteiger partial charge < -0.3 is 14.9 Å². The molecule has 0 bridgehead atoms. The number of para-hydroxylation sites is 1. The van der Waals surface area contributed by atoms with Crippen LogP contribution in [-0.2, 0) is 4.79 Å². The molecule has 1 radical (unpaired) electrons. The molecule has 3 atom stereocenters. The number of aliphatic hydroxyl groups is 1. The molecule has 1 fully saturated rings. The number of aliphatic carboxylic acids is 1. The lowest BCUT2D eigenvalue weighted by atomic mass is 9.64. The van der Waals surface area contributed by atoms with Crippen LogP contribution in [0.15, 0.2) is 42.5 Å². The largest absolute Gasteiger partial charge is 0.493 e. The van der Waals surface area contributed by atoms with E-state index in [2.05, 4.69) is 13.4 Å². The number of carbonyl (C=O) groups is 1. The van der Waals surface area contributed by atoms with Gasteiger partial charge in [0.25, 0.3) is 0 Å². The van der Waals surface area contributed by atoms with Crippen LogP contribution in [-0.4, -0.2) is 36.2 Å². The SMILES string of the molecule is O=C(O)CCC/C=C\C[C@H]1[B]C[C@@H](O)[C@@H]1COc1ccccc1. The van der Waals surface area contributed by atoms with Crippen molar-refractivity contribution in [3.05, 3.63) is 42.5 Å². The van der Waals surface area contributed by atoms with Gasteiger partial charge in [0.15, 0.2) is 0 Å². The molecular weight excluding hydrogens is 291 g/mol. The first kappa shape index (κ1) is 17.6. The molecule has 4 nitrogen and oxygen atoms in total. The van der Waals surface area contributed by atoms with Crippen molar-refractivity contribution in [1.82, 2.24) is 0 Å². The van der Waals surface area contributed by atoms with Gasteiger partial charge in [-0.3, -0.25) is 4.79 Å². The lowest BCUT2D eigenvalue weighted by Crippen LogP contribution is -2.23. The summed E-state index contributed by atoms with van der Waals surface area (Å²) in [5, 5.41) is 18.7. The fraction of sp³-hybridized carbons (Fsp3) is 0.500. The Hall–Kier alpha value is -1.75. The van der Waals surface area contributed by atoms with E-state index in [1.165, 1.54) is 0 Å². The van der Waals surface area contributed by atoms with E-state index in [0.717, 1.165) is 18.6 Å². The lowest BCUT2D eigenvalue weighted by Gasteiger charge is -2.22. The molecule has 0 saturated carbocycles. The maximum absolute atomic E-state index is 10.4. The molecule has 0 aliphatic carbocycles. The second kappa shape index (κ2) is 9.41. The molecule has 0 amide bonds. The van der Waals surface area contributed by atoms with Gasteiger partial charge in [0.1, 0.15) is 13.0 Å². The summed E-state index contributed by atoms with van der Waals surface area (Å²) in [6, 6.07) is 9.65. The number of ether oxygens (including phenoxy) is 1. The average molecular weight is 315 g/mol. The highest BCUT2D eigenvalue weighted by Crippen LogP contribution is 2.35. The Kier molecular flexibility index (Phi) is 7.20. The van der Waals surface area contributed by atoms with E-state index in [-0.39, 0.29) is 18.4 Å². The van der Waals surface area contributed by atoms with E-state index in [1.54, 1.807) is 0 Å². The van der Waals surface area contributed by atoms with E-state index in [1.807, 2.05) is 36.4 Å². The van der Waals surface area contributed by atoms with Crippen molar-refractivity contribution in [3.63, 3.8) is 0 Å². The summed E-state index contributed by atoms with van der Waals surface area (Å²) in [7, 11) is 2.17.